The minimum atomic E-state index is -0.310. The average Bonchev–Trinajstić information content (AvgIpc) is 2.41. The van der Waals surface area contributed by atoms with Gasteiger partial charge in [0.2, 0.25) is 0 Å². The van der Waals surface area contributed by atoms with Crippen molar-refractivity contribution in [3.63, 3.8) is 0 Å². The van der Waals surface area contributed by atoms with Crippen LogP contribution in [-0.4, -0.2) is 14.1 Å². The molecule has 0 saturated heterocycles. The van der Waals surface area contributed by atoms with Crippen molar-refractivity contribution in [3.8, 4) is 0 Å². The minimum Gasteiger partial charge on any atom is -0.378 e. The number of nitrogens with zero attached hydrogens (tertiary/aromatic N) is 1. The fourth-order valence-electron chi connectivity index (χ4n) is 1.99. The minimum absolute atomic E-state index is 0.211. The Hall–Kier alpha value is -1.87. The Morgan fingerprint density at radius 3 is 2.37 bits per heavy atom. The molecule has 0 heterocycles. The molecule has 2 aromatic rings. The summed E-state index contributed by atoms with van der Waals surface area (Å²) in [6.07, 6.45) is 0. The number of anilines is 1. The van der Waals surface area contributed by atoms with E-state index in [1.807, 2.05) is 49.3 Å². The van der Waals surface area contributed by atoms with Gasteiger partial charge in [0, 0.05) is 19.8 Å². The van der Waals surface area contributed by atoms with Crippen LogP contribution in [0, 0.1) is 12.7 Å². The van der Waals surface area contributed by atoms with E-state index in [-0.39, 0.29) is 11.9 Å². The molecular formula is C16H19FN2. The molecule has 0 fully saturated rings. The maximum Gasteiger partial charge on any atom is 0.126 e. The Balaban J connectivity index is 2.35. The third-order valence-corrected chi connectivity index (χ3v) is 3.30. The molecule has 1 unspecified atom stereocenters. The van der Waals surface area contributed by atoms with Gasteiger partial charge in [-0.3, -0.25) is 0 Å². The molecule has 19 heavy (non-hydrogen) atoms. The van der Waals surface area contributed by atoms with Crippen LogP contribution in [0.15, 0.2) is 42.5 Å². The monoisotopic (exact) mass is 258 g/mol. The molecule has 2 nitrogen and oxygen atoms in total. The summed E-state index contributed by atoms with van der Waals surface area (Å²) in [6.45, 7) is 1.75. The van der Waals surface area contributed by atoms with Gasteiger partial charge in [0.05, 0.1) is 6.04 Å². The van der Waals surface area contributed by atoms with E-state index in [1.165, 1.54) is 6.07 Å². The van der Waals surface area contributed by atoms with Gasteiger partial charge in [-0.1, -0.05) is 24.3 Å². The van der Waals surface area contributed by atoms with Crippen LogP contribution >= 0.6 is 0 Å². The molecule has 0 radical (unpaired) electrons. The molecular weight excluding hydrogens is 239 g/mol. The standard InChI is InChI=1S/C16H19FN2/c1-11-7-8-13(10-15(11)17)16(18)12-5-4-6-14(9-12)19(2)3/h4-10,16H,18H2,1-3H3. The summed E-state index contributed by atoms with van der Waals surface area (Å²) in [5.41, 5.74) is 9.71. The highest BCUT2D eigenvalue weighted by molar-refractivity contribution is 5.49. The molecule has 2 N–H and O–H groups in total. The molecule has 100 valence electrons. The molecule has 0 bridgehead atoms. The average molecular weight is 258 g/mol. The smallest absolute Gasteiger partial charge is 0.126 e. The van der Waals surface area contributed by atoms with Crippen molar-refractivity contribution in [2.75, 3.05) is 19.0 Å². The lowest BCUT2D eigenvalue weighted by molar-refractivity contribution is 0.614. The molecule has 0 amide bonds. The Morgan fingerprint density at radius 1 is 1.05 bits per heavy atom. The Morgan fingerprint density at radius 2 is 1.74 bits per heavy atom. The number of aryl methyl sites for hydroxylation is 1. The summed E-state index contributed by atoms with van der Waals surface area (Å²) < 4.78 is 13.6. The van der Waals surface area contributed by atoms with Crippen LogP contribution in [0.4, 0.5) is 10.1 Å². The molecule has 0 aromatic heterocycles. The van der Waals surface area contributed by atoms with E-state index in [1.54, 1.807) is 13.0 Å². The highest BCUT2D eigenvalue weighted by Crippen LogP contribution is 2.24. The van der Waals surface area contributed by atoms with Crippen molar-refractivity contribution < 1.29 is 4.39 Å². The van der Waals surface area contributed by atoms with E-state index in [0.717, 1.165) is 16.8 Å². The second-order valence-corrected chi connectivity index (χ2v) is 4.98. The number of hydrogen-bond acceptors (Lipinski definition) is 2. The summed E-state index contributed by atoms with van der Waals surface area (Å²) in [6, 6.07) is 12.8. The zero-order valence-corrected chi connectivity index (χ0v) is 11.5. The molecule has 0 saturated carbocycles. The third-order valence-electron chi connectivity index (χ3n) is 3.30. The van der Waals surface area contributed by atoms with Crippen LogP contribution in [-0.2, 0) is 0 Å². The summed E-state index contributed by atoms with van der Waals surface area (Å²) in [7, 11) is 3.96. The van der Waals surface area contributed by atoms with Crippen molar-refractivity contribution in [2.45, 2.75) is 13.0 Å². The second-order valence-electron chi connectivity index (χ2n) is 4.98. The van der Waals surface area contributed by atoms with E-state index in [2.05, 4.69) is 0 Å². The largest absolute Gasteiger partial charge is 0.378 e. The summed E-state index contributed by atoms with van der Waals surface area (Å²) >= 11 is 0. The fraction of sp³-hybridized carbons (Fsp3) is 0.250. The Labute approximate surface area is 113 Å². The molecule has 0 aliphatic rings. The number of halogens is 1. The molecule has 0 aliphatic carbocycles. The van der Waals surface area contributed by atoms with Gasteiger partial charge < -0.3 is 10.6 Å². The van der Waals surface area contributed by atoms with Crippen LogP contribution in [0.2, 0.25) is 0 Å². The van der Waals surface area contributed by atoms with Gasteiger partial charge in [0.25, 0.3) is 0 Å². The SMILES string of the molecule is Cc1ccc(C(N)c2cccc(N(C)C)c2)cc1F. The zero-order valence-electron chi connectivity index (χ0n) is 11.5. The maximum atomic E-state index is 13.6. The van der Waals surface area contributed by atoms with Crippen molar-refractivity contribution in [3.05, 3.63) is 65.0 Å². The molecule has 0 spiro atoms. The van der Waals surface area contributed by atoms with Crippen molar-refractivity contribution in [1.29, 1.82) is 0 Å². The van der Waals surface area contributed by atoms with Crippen LogP contribution in [0.25, 0.3) is 0 Å². The molecule has 2 aromatic carbocycles. The number of nitrogens with two attached hydrogens (primary N) is 1. The predicted molar refractivity (Wildman–Crippen MR) is 77.9 cm³/mol. The first kappa shape index (κ1) is 13.6. The topological polar surface area (TPSA) is 29.3 Å². The van der Waals surface area contributed by atoms with Crippen molar-refractivity contribution in [1.82, 2.24) is 0 Å². The first-order chi connectivity index (χ1) is 8.99. The quantitative estimate of drug-likeness (QED) is 0.915. The van der Waals surface area contributed by atoms with Gasteiger partial charge in [-0.25, -0.2) is 4.39 Å². The highest BCUT2D eigenvalue weighted by Gasteiger charge is 2.11. The predicted octanol–water partition coefficient (Wildman–Crippen LogP) is 3.25. The fourth-order valence-corrected chi connectivity index (χ4v) is 1.99. The van der Waals surface area contributed by atoms with Crippen LogP contribution in [0.1, 0.15) is 22.7 Å². The van der Waals surface area contributed by atoms with Crippen LogP contribution in [0.5, 0.6) is 0 Å². The van der Waals surface area contributed by atoms with Crippen molar-refractivity contribution >= 4 is 5.69 Å². The third kappa shape index (κ3) is 2.93. The van der Waals surface area contributed by atoms with Crippen LogP contribution in [0.3, 0.4) is 0 Å². The van der Waals surface area contributed by atoms with E-state index in [0.29, 0.717) is 5.56 Å². The van der Waals surface area contributed by atoms with Gasteiger partial charge in [-0.2, -0.15) is 0 Å². The van der Waals surface area contributed by atoms with Gasteiger partial charge >= 0.3 is 0 Å². The highest BCUT2D eigenvalue weighted by atomic mass is 19.1. The second kappa shape index (κ2) is 5.41. The van der Waals surface area contributed by atoms with E-state index >= 15 is 0 Å². The number of hydrogen-bond donors (Lipinski definition) is 1. The van der Waals surface area contributed by atoms with Gasteiger partial charge in [0.15, 0.2) is 0 Å². The van der Waals surface area contributed by atoms with E-state index in [9.17, 15) is 4.39 Å². The summed E-state index contributed by atoms with van der Waals surface area (Å²) in [5.74, 6) is -0.211. The number of rotatable bonds is 3. The van der Waals surface area contributed by atoms with Gasteiger partial charge in [-0.15, -0.1) is 0 Å². The Bertz CT molecular complexity index is 579. The Kier molecular flexibility index (Phi) is 3.86. The van der Waals surface area contributed by atoms with Crippen LogP contribution < -0.4 is 10.6 Å². The molecule has 2 rings (SSSR count). The zero-order chi connectivity index (χ0) is 14.0. The first-order valence-corrected chi connectivity index (χ1v) is 6.28. The number of benzene rings is 2. The van der Waals surface area contributed by atoms with Crippen molar-refractivity contribution in [2.24, 2.45) is 5.73 Å². The lowest BCUT2D eigenvalue weighted by atomic mass is 9.98. The summed E-state index contributed by atoms with van der Waals surface area (Å²) in [5, 5.41) is 0. The molecule has 0 aliphatic heterocycles. The lowest BCUT2D eigenvalue weighted by Crippen LogP contribution is -2.14. The molecule has 1 atom stereocenters. The van der Waals surface area contributed by atoms with E-state index < -0.39 is 0 Å². The van der Waals surface area contributed by atoms with E-state index in [4.69, 9.17) is 5.73 Å². The van der Waals surface area contributed by atoms with Gasteiger partial charge in [0.1, 0.15) is 5.82 Å². The summed E-state index contributed by atoms with van der Waals surface area (Å²) in [4.78, 5) is 2.02. The lowest BCUT2D eigenvalue weighted by Gasteiger charge is -2.17. The van der Waals surface area contributed by atoms with Gasteiger partial charge in [-0.05, 0) is 41.8 Å². The maximum absolute atomic E-state index is 13.6. The molecule has 3 heteroatoms. The first-order valence-electron chi connectivity index (χ1n) is 6.28. The normalized spacial score (nSPS) is 12.3.